The first-order chi connectivity index (χ1) is 7.58. The van der Waals surface area contributed by atoms with Crippen LogP contribution in [0.25, 0.3) is 0 Å². The van der Waals surface area contributed by atoms with Gasteiger partial charge in [-0.15, -0.1) is 4.37 Å². The summed E-state index contributed by atoms with van der Waals surface area (Å²) in [7, 11) is 0. The summed E-state index contributed by atoms with van der Waals surface area (Å²) in [5, 5.41) is 0.962. The van der Waals surface area contributed by atoms with Gasteiger partial charge >= 0.3 is 0 Å². The first-order valence-electron chi connectivity index (χ1n) is 4.50. The Kier molecular flexibility index (Phi) is 3.33. The molecule has 0 N–H and O–H groups in total. The maximum absolute atomic E-state index is 5.93. The molecule has 0 radical (unpaired) electrons. The summed E-state index contributed by atoms with van der Waals surface area (Å²) in [6.07, 6.45) is 0. The van der Waals surface area contributed by atoms with E-state index in [4.69, 9.17) is 27.9 Å². The van der Waals surface area contributed by atoms with Gasteiger partial charge < -0.3 is 4.74 Å². The number of nitrogens with zero attached hydrogens (tertiary/aromatic N) is 2. The zero-order valence-corrected chi connectivity index (χ0v) is 10.9. The van der Waals surface area contributed by atoms with Gasteiger partial charge in [-0.2, -0.15) is 4.37 Å². The summed E-state index contributed by atoms with van der Waals surface area (Å²) in [5.74, 6) is 1.05. The molecule has 1 heterocycles. The van der Waals surface area contributed by atoms with E-state index >= 15 is 0 Å². The zero-order chi connectivity index (χ0) is 11.7. The van der Waals surface area contributed by atoms with Crippen LogP contribution in [-0.2, 0) is 0 Å². The fourth-order valence-corrected chi connectivity index (χ4v) is 2.33. The molecule has 0 aliphatic rings. The predicted molar refractivity (Wildman–Crippen MR) is 65.9 cm³/mol. The molecule has 6 heteroatoms. The molecule has 0 spiro atoms. The lowest BCUT2D eigenvalue weighted by Gasteiger charge is -2.09. The SMILES string of the molecule is Cc1cc(Cl)cc(C)c1Oc1nsnc1Cl. The number of hydrogen-bond acceptors (Lipinski definition) is 4. The van der Waals surface area contributed by atoms with Crippen LogP contribution in [0.4, 0.5) is 0 Å². The minimum Gasteiger partial charge on any atom is -0.435 e. The van der Waals surface area contributed by atoms with Gasteiger partial charge in [0, 0.05) is 5.02 Å². The molecular weight excluding hydrogens is 267 g/mol. The smallest absolute Gasteiger partial charge is 0.270 e. The van der Waals surface area contributed by atoms with Gasteiger partial charge in [0.25, 0.3) is 5.88 Å². The molecule has 0 fully saturated rings. The highest BCUT2D eigenvalue weighted by Gasteiger charge is 2.12. The summed E-state index contributed by atoms with van der Waals surface area (Å²) in [4.78, 5) is 0. The average molecular weight is 275 g/mol. The molecule has 1 aromatic heterocycles. The summed E-state index contributed by atoms with van der Waals surface area (Å²) in [6, 6.07) is 3.66. The number of halogens is 2. The third-order valence-corrected chi connectivity index (χ3v) is 3.12. The molecule has 0 amide bonds. The van der Waals surface area contributed by atoms with Crippen molar-refractivity contribution >= 4 is 34.9 Å². The molecule has 84 valence electrons. The van der Waals surface area contributed by atoms with Crippen molar-refractivity contribution in [2.75, 3.05) is 0 Å². The molecule has 0 unspecified atom stereocenters. The van der Waals surface area contributed by atoms with Crippen molar-refractivity contribution in [1.82, 2.24) is 8.75 Å². The number of ether oxygens (including phenoxy) is 1. The lowest BCUT2D eigenvalue weighted by molar-refractivity contribution is 0.461. The Hall–Kier alpha value is -0.840. The third kappa shape index (κ3) is 2.29. The second kappa shape index (κ2) is 4.57. The molecule has 3 nitrogen and oxygen atoms in total. The average Bonchev–Trinajstić information content (AvgIpc) is 2.57. The van der Waals surface area contributed by atoms with Crippen LogP contribution in [0, 0.1) is 13.8 Å². The van der Waals surface area contributed by atoms with E-state index in [-0.39, 0.29) is 5.15 Å². The Morgan fingerprint density at radius 3 is 2.25 bits per heavy atom. The minimum atomic E-state index is 0.277. The molecule has 1 aromatic carbocycles. The van der Waals surface area contributed by atoms with Crippen LogP contribution < -0.4 is 4.74 Å². The van der Waals surface area contributed by atoms with Crippen molar-refractivity contribution in [2.45, 2.75) is 13.8 Å². The molecule has 2 aromatic rings. The van der Waals surface area contributed by atoms with Gasteiger partial charge in [0.15, 0.2) is 0 Å². The van der Waals surface area contributed by atoms with Crippen molar-refractivity contribution in [2.24, 2.45) is 0 Å². The van der Waals surface area contributed by atoms with Crippen LogP contribution in [0.5, 0.6) is 11.6 Å². The van der Waals surface area contributed by atoms with E-state index in [0.29, 0.717) is 10.9 Å². The van der Waals surface area contributed by atoms with E-state index < -0.39 is 0 Å². The van der Waals surface area contributed by atoms with Crippen LogP contribution in [0.3, 0.4) is 0 Å². The number of aryl methyl sites for hydroxylation is 2. The first kappa shape index (κ1) is 11.6. The van der Waals surface area contributed by atoms with Gasteiger partial charge in [0.05, 0.1) is 11.7 Å². The minimum absolute atomic E-state index is 0.277. The van der Waals surface area contributed by atoms with Crippen molar-refractivity contribution < 1.29 is 4.74 Å². The predicted octanol–water partition coefficient (Wildman–Crippen LogP) is 4.25. The van der Waals surface area contributed by atoms with E-state index in [1.165, 1.54) is 0 Å². The highest BCUT2D eigenvalue weighted by atomic mass is 35.5. The molecule has 2 rings (SSSR count). The topological polar surface area (TPSA) is 35.0 Å². The Morgan fingerprint density at radius 1 is 1.12 bits per heavy atom. The van der Waals surface area contributed by atoms with E-state index in [1.807, 2.05) is 26.0 Å². The fraction of sp³-hybridized carbons (Fsp3) is 0.200. The van der Waals surface area contributed by atoms with Crippen molar-refractivity contribution in [1.29, 1.82) is 0 Å². The maximum atomic E-state index is 5.93. The quantitative estimate of drug-likeness (QED) is 0.821. The van der Waals surface area contributed by atoms with Crippen LogP contribution in [0.1, 0.15) is 11.1 Å². The summed E-state index contributed by atoms with van der Waals surface area (Å²) in [6.45, 7) is 3.84. The highest BCUT2D eigenvalue weighted by molar-refractivity contribution is 6.99. The van der Waals surface area contributed by atoms with Gasteiger partial charge in [-0.1, -0.05) is 23.2 Å². The van der Waals surface area contributed by atoms with Crippen LogP contribution in [0.2, 0.25) is 10.2 Å². The Balaban J connectivity index is 2.39. The number of benzene rings is 1. The van der Waals surface area contributed by atoms with Crippen molar-refractivity contribution in [3.05, 3.63) is 33.4 Å². The molecule has 0 atom stereocenters. The molecule has 0 saturated heterocycles. The number of hydrogen-bond donors (Lipinski definition) is 0. The lowest BCUT2D eigenvalue weighted by Crippen LogP contribution is -1.91. The van der Waals surface area contributed by atoms with E-state index in [0.717, 1.165) is 28.6 Å². The van der Waals surface area contributed by atoms with E-state index in [1.54, 1.807) is 0 Å². The monoisotopic (exact) mass is 274 g/mol. The Morgan fingerprint density at radius 2 is 1.75 bits per heavy atom. The van der Waals surface area contributed by atoms with E-state index in [9.17, 15) is 0 Å². The molecule has 0 bridgehead atoms. The standard InChI is InChI=1S/C10H8Cl2N2OS/c1-5-3-7(11)4-6(2)8(5)15-10-9(12)13-16-14-10/h3-4H,1-2H3. The van der Waals surface area contributed by atoms with Crippen molar-refractivity contribution in [3.63, 3.8) is 0 Å². The van der Waals surface area contributed by atoms with Gasteiger partial charge in [-0.25, -0.2) is 0 Å². The van der Waals surface area contributed by atoms with Gasteiger partial charge in [-0.05, 0) is 37.1 Å². The first-order valence-corrected chi connectivity index (χ1v) is 5.99. The molecule has 0 aliphatic heterocycles. The lowest BCUT2D eigenvalue weighted by atomic mass is 10.1. The van der Waals surface area contributed by atoms with Gasteiger partial charge in [0.1, 0.15) is 5.75 Å². The number of rotatable bonds is 2. The van der Waals surface area contributed by atoms with Crippen LogP contribution in [-0.4, -0.2) is 8.75 Å². The van der Waals surface area contributed by atoms with Gasteiger partial charge in [-0.3, -0.25) is 0 Å². The van der Waals surface area contributed by atoms with Gasteiger partial charge in [0.2, 0.25) is 5.15 Å². The van der Waals surface area contributed by atoms with Crippen LogP contribution in [0.15, 0.2) is 12.1 Å². The Bertz CT molecular complexity index is 504. The molecule has 0 saturated carbocycles. The maximum Gasteiger partial charge on any atom is 0.270 e. The summed E-state index contributed by atoms with van der Waals surface area (Å²) >= 11 is 12.8. The van der Waals surface area contributed by atoms with E-state index in [2.05, 4.69) is 8.75 Å². The summed E-state index contributed by atoms with van der Waals surface area (Å²) < 4.78 is 13.4. The van der Waals surface area contributed by atoms with Crippen molar-refractivity contribution in [3.8, 4) is 11.6 Å². The largest absolute Gasteiger partial charge is 0.435 e. The molecule has 16 heavy (non-hydrogen) atoms. The fourth-order valence-electron chi connectivity index (χ4n) is 1.39. The summed E-state index contributed by atoms with van der Waals surface area (Å²) in [5.41, 5.74) is 1.88. The number of aromatic nitrogens is 2. The molecule has 0 aliphatic carbocycles. The van der Waals surface area contributed by atoms with Crippen LogP contribution >= 0.6 is 34.9 Å². The third-order valence-electron chi connectivity index (χ3n) is 2.05. The molecular formula is C10H8Cl2N2OS. The highest BCUT2D eigenvalue weighted by Crippen LogP contribution is 2.33. The second-order valence-electron chi connectivity index (χ2n) is 3.33. The second-order valence-corrected chi connectivity index (χ2v) is 4.65. The zero-order valence-electron chi connectivity index (χ0n) is 8.62. The normalized spacial score (nSPS) is 10.5. The Labute approximate surface area is 107 Å².